The molecule has 2 heterocycles. The predicted octanol–water partition coefficient (Wildman–Crippen LogP) is 4.66. The summed E-state index contributed by atoms with van der Waals surface area (Å²) in [5, 5.41) is 11.4. The third-order valence-corrected chi connectivity index (χ3v) is 5.50. The minimum atomic E-state index is 0.549. The van der Waals surface area contributed by atoms with Crippen molar-refractivity contribution in [3.8, 4) is 11.4 Å². The lowest BCUT2D eigenvalue weighted by atomic mass is 10.2. The fourth-order valence-electron chi connectivity index (χ4n) is 3.05. The number of hydrogen-bond donors (Lipinski definition) is 2. The van der Waals surface area contributed by atoms with Gasteiger partial charge in [0, 0.05) is 35.8 Å². The van der Waals surface area contributed by atoms with Crippen LogP contribution >= 0.6 is 23.8 Å². The summed E-state index contributed by atoms with van der Waals surface area (Å²) in [7, 11) is 0. The van der Waals surface area contributed by atoms with E-state index in [2.05, 4.69) is 25.1 Å². The highest BCUT2D eigenvalue weighted by Crippen LogP contribution is 2.38. The molecule has 2 N–H and O–H groups in total. The minimum Gasteiger partial charge on any atom is -0.368 e. The van der Waals surface area contributed by atoms with E-state index < -0.39 is 0 Å². The van der Waals surface area contributed by atoms with Gasteiger partial charge in [-0.2, -0.15) is 5.10 Å². The Morgan fingerprint density at radius 2 is 2.04 bits per heavy atom. The summed E-state index contributed by atoms with van der Waals surface area (Å²) in [4.78, 5) is 9.32. The van der Waals surface area contributed by atoms with E-state index >= 15 is 0 Å². The maximum atomic E-state index is 6.32. The van der Waals surface area contributed by atoms with Crippen LogP contribution in [0.15, 0.2) is 24.3 Å². The molecule has 0 saturated heterocycles. The molecule has 0 atom stereocenters. The monoisotopic (exact) mass is 400 g/mol. The fraction of sp³-hybridized carbons (Fsp3) is 0.368. The van der Waals surface area contributed by atoms with Gasteiger partial charge < -0.3 is 9.88 Å². The van der Waals surface area contributed by atoms with E-state index in [0.29, 0.717) is 28.1 Å². The van der Waals surface area contributed by atoms with Crippen LogP contribution in [0, 0.1) is 18.6 Å². The Bertz CT molecular complexity index is 1040. The molecule has 0 bridgehead atoms. The van der Waals surface area contributed by atoms with Gasteiger partial charge in [-0.1, -0.05) is 23.7 Å². The zero-order valence-electron chi connectivity index (χ0n) is 15.3. The average molecular weight is 401 g/mol. The van der Waals surface area contributed by atoms with Crippen LogP contribution in [0.25, 0.3) is 11.4 Å². The standard InChI is InChI=1S/C19H21ClN6S/c1-11-12(2)22-17(14-5-3-4-6-15(14)20)23-16(11)21-9-10-26-18(13-7-8-13)24-25-19(26)27/h3-6,13H,7-10H2,1-2H3,(H,25,27)(H,21,22,23). The summed E-state index contributed by atoms with van der Waals surface area (Å²) < 4.78 is 2.75. The molecule has 0 radical (unpaired) electrons. The number of aromatic amines is 1. The van der Waals surface area contributed by atoms with Crippen molar-refractivity contribution in [3.63, 3.8) is 0 Å². The molecule has 0 aliphatic heterocycles. The van der Waals surface area contributed by atoms with Gasteiger partial charge in [-0.25, -0.2) is 9.97 Å². The number of hydrogen-bond acceptors (Lipinski definition) is 5. The van der Waals surface area contributed by atoms with E-state index in [0.717, 1.165) is 35.0 Å². The third-order valence-electron chi connectivity index (χ3n) is 4.86. The second kappa shape index (κ2) is 7.40. The second-order valence-corrected chi connectivity index (χ2v) is 7.62. The highest BCUT2D eigenvalue weighted by atomic mass is 35.5. The van der Waals surface area contributed by atoms with Gasteiger partial charge in [0.25, 0.3) is 0 Å². The van der Waals surface area contributed by atoms with Crippen LogP contribution < -0.4 is 5.32 Å². The first-order valence-electron chi connectivity index (χ1n) is 9.03. The quantitative estimate of drug-likeness (QED) is 0.589. The number of anilines is 1. The number of halogens is 1. The number of aryl methyl sites for hydroxylation is 1. The molecule has 4 rings (SSSR count). The van der Waals surface area contributed by atoms with Gasteiger partial charge in [-0.05, 0) is 51.0 Å². The van der Waals surface area contributed by atoms with Crippen molar-refractivity contribution in [1.82, 2.24) is 24.7 Å². The lowest BCUT2D eigenvalue weighted by molar-refractivity contribution is 0.668. The molecule has 0 spiro atoms. The zero-order valence-corrected chi connectivity index (χ0v) is 16.9. The first-order valence-corrected chi connectivity index (χ1v) is 9.82. The largest absolute Gasteiger partial charge is 0.368 e. The van der Waals surface area contributed by atoms with E-state index in [9.17, 15) is 0 Å². The van der Waals surface area contributed by atoms with Gasteiger partial charge in [0.05, 0.1) is 5.02 Å². The number of H-pyrrole nitrogens is 1. The second-order valence-electron chi connectivity index (χ2n) is 6.83. The number of benzene rings is 1. The van der Waals surface area contributed by atoms with Gasteiger partial charge in [-0.15, -0.1) is 0 Å². The van der Waals surface area contributed by atoms with Gasteiger partial charge in [0.1, 0.15) is 11.6 Å². The molecule has 0 unspecified atom stereocenters. The molecule has 1 aromatic carbocycles. The molecule has 6 nitrogen and oxygen atoms in total. The maximum Gasteiger partial charge on any atom is 0.195 e. The molecule has 140 valence electrons. The van der Waals surface area contributed by atoms with Gasteiger partial charge >= 0.3 is 0 Å². The molecule has 27 heavy (non-hydrogen) atoms. The Morgan fingerprint density at radius 3 is 2.78 bits per heavy atom. The normalized spacial score (nSPS) is 13.7. The summed E-state index contributed by atoms with van der Waals surface area (Å²) in [6.07, 6.45) is 2.39. The van der Waals surface area contributed by atoms with Crippen molar-refractivity contribution < 1.29 is 0 Å². The van der Waals surface area contributed by atoms with E-state index in [4.69, 9.17) is 28.8 Å². The summed E-state index contributed by atoms with van der Waals surface area (Å²) in [5.41, 5.74) is 2.79. The molecule has 0 amide bonds. The Labute approximate surface area is 168 Å². The first kappa shape index (κ1) is 18.1. The molecule has 1 aliphatic carbocycles. The Hall–Kier alpha value is -2.25. The van der Waals surface area contributed by atoms with Gasteiger partial charge in [0.15, 0.2) is 10.6 Å². The summed E-state index contributed by atoms with van der Waals surface area (Å²) in [6, 6.07) is 7.62. The Balaban J connectivity index is 1.55. The maximum absolute atomic E-state index is 6.32. The minimum absolute atomic E-state index is 0.549. The molecule has 3 aromatic rings. The molecule has 1 aliphatic rings. The molecular formula is C19H21ClN6S. The summed E-state index contributed by atoms with van der Waals surface area (Å²) in [6.45, 7) is 5.45. The molecule has 1 saturated carbocycles. The predicted molar refractivity (Wildman–Crippen MR) is 110 cm³/mol. The van der Waals surface area contributed by atoms with Crippen LogP contribution in [0.5, 0.6) is 0 Å². The zero-order chi connectivity index (χ0) is 19.0. The van der Waals surface area contributed by atoms with Crippen LogP contribution in [-0.2, 0) is 6.54 Å². The Morgan fingerprint density at radius 1 is 1.26 bits per heavy atom. The van der Waals surface area contributed by atoms with Crippen LogP contribution in [0.1, 0.15) is 35.8 Å². The lowest BCUT2D eigenvalue weighted by Crippen LogP contribution is -2.15. The SMILES string of the molecule is Cc1nc(-c2ccccc2Cl)nc(NCCn2c(C3CC3)n[nH]c2=S)c1C. The number of nitrogens with one attached hydrogen (secondary N) is 2. The van der Waals surface area contributed by atoms with Crippen LogP contribution in [0.3, 0.4) is 0 Å². The average Bonchev–Trinajstić information content (AvgIpc) is 3.43. The van der Waals surface area contributed by atoms with Gasteiger partial charge in [-0.3, -0.25) is 5.10 Å². The molecule has 2 aromatic heterocycles. The van der Waals surface area contributed by atoms with Crippen LogP contribution in [0.4, 0.5) is 5.82 Å². The molecule has 8 heteroatoms. The third kappa shape index (κ3) is 3.75. The molecule has 1 fully saturated rings. The van der Waals surface area contributed by atoms with Crippen molar-refractivity contribution in [3.05, 3.63) is 51.1 Å². The summed E-state index contributed by atoms with van der Waals surface area (Å²) >= 11 is 11.7. The smallest absolute Gasteiger partial charge is 0.195 e. The van der Waals surface area contributed by atoms with E-state index in [-0.39, 0.29) is 0 Å². The summed E-state index contributed by atoms with van der Waals surface area (Å²) in [5.74, 6) is 3.06. The number of aromatic nitrogens is 5. The fourth-order valence-corrected chi connectivity index (χ4v) is 3.50. The highest BCUT2D eigenvalue weighted by Gasteiger charge is 2.28. The number of rotatable bonds is 6. The molecular weight excluding hydrogens is 380 g/mol. The topological polar surface area (TPSA) is 71.4 Å². The van der Waals surface area contributed by atoms with E-state index in [1.807, 2.05) is 38.1 Å². The van der Waals surface area contributed by atoms with E-state index in [1.54, 1.807) is 0 Å². The first-order chi connectivity index (χ1) is 13.0. The van der Waals surface area contributed by atoms with Crippen molar-refractivity contribution in [2.75, 3.05) is 11.9 Å². The van der Waals surface area contributed by atoms with Crippen LogP contribution in [0.2, 0.25) is 5.02 Å². The van der Waals surface area contributed by atoms with Crippen molar-refractivity contribution >= 4 is 29.6 Å². The highest BCUT2D eigenvalue weighted by molar-refractivity contribution is 7.71. The number of nitrogens with zero attached hydrogens (tertiary/aromatic N) is 4. The Kier molecular flexibility index (Phi) is 4.97. The lowest BCUT2D eigenvalue weighted by Gasteiger charge is -2.14. The van der Waals surface area contributed by atoms with Crippen molar-refractivity contribution in [1.29, 1.82) is 0 Å². The van der Waals surface area contributed by atoms with Crippen molar-refractivity contribution in [2.45, 2.75) is 39.2 Å². The van der Waals surface area contributed by atoms with Crippen LogP contribution in [-0.4, -0.2) is 31.3 Å². The van der Waals surface area contributed by atoms with Crippen molar-refractivity contribution in [2.24, 2.45) is 0 Å². The van der Waals surface area contributed by atoms with E-state index in [1.165, 1.54) is 12.8 Å². The van der Waals surface area contributed by atoms with Gasteiger partial charge in [0.2, 0.25) is 0 Å².